The van der Waals surface area contributed by atoms with Crippen LogP contribution in [-0.4, -0.2) is 17.5 Å². The fourth-order valence-corrected chi connectivity index (χ4v) is 1.39. The molecule has 2 nitrogen and oxygen atoms in total. The van der Waals surface area contributed by atoms with E-state index in [4.69, 9.17) is 17.3 Å². The zero-order valence-corrected chi connectivity index (χ0v) is 10.1. The fraction of sp³-hybridized carbons (Fsp3) is 0.364. The Balaban J connectivity index is 2.99. The number of benzene rings is 1. The molecule has 0 bridgehead atoms. The molecular formula is C11H10ClF4NO. The van der Waals surface area contributed by atoms with Gasteiger partial charge in [0.1, 0.15) is 5.82 Å². The highest BCUT2D eigenvalue weighted by atomic mass is 35.5. The highest BCUT2D eigenvalue weighted by molar-refractivity contribution is 6.30. The van der Waals surface area contributed by atoms with E-state index in [2.05, 4.69) is 0 Å². The van der Waals surface area contributed by atoms with Crippen LogP contribution in [0.15, 0.2) is 18.2 Å². The standard InChI is InChI=1S/C11H10ClF4NO/c1-10(17,11(14,15)16)8(18)5-6-3-2-4-7(12)9(6)13/h2-4H,5,17H2,1H3. The Morgan fingerprint density at radius 1 is 1.39 bits per heavy atom. The van der Waals surface area contributed by atoms with Gasteiger partial charge in [-0.1, -0.05) is 23.7 Å². The Morgan fingerprint density at radius 3 is 2.44 bits per heavy atom. The van der Waals surface area contributed by atoms with Crippen LogP contribution < -0.4 is 5.73 Å². The predicted octanol–water partition coefficient (Wildman–Crippen LogP) is 2.87. The molecule has 1 atom stereocenters. The number of ketones is 1. The third-order valence-corrected chi connectivity index (χ3v) is 2.84. The minimum absolute atomic E-state index is 0.214. The molecule has 0 heterocycles. The maximum Gasteiger partial charge on any atom is 0.413 e. The maximum absolute atomic E-state index is 13.4. The lowest BCUT2D eigenvalue weighted by atomic mass is 9.92. The minimum Gasteiger partial charge on any atom is -0.312 e. The van der Waals surface area contributed by atoms with E-state index >= 15 is 0 Å². The first-order valence-corrected chi connectivity index (χ1v) is 5.27. The van der Waals surface area contributed by atoms with Gasteiger partial charge < -0.3 is 5.73 Å². The van der Waals surface area contributed by atoms with E-state index in [1.165, 1.54) is 18.2 Å². The molecule has 100 valence electrons. The van der Waals surface area contributed by atoms with E-state index in [-0.39, 0.29) is 10.6 Å². The number of Topliss-reactive ketones (excluding diaryl/α,β-unsaturated/α-hetero) is 1. The van der Waals surface area contributed by atoms with E-state index < -0.39 is 29.7 Å². The normalized spacial score (nSPS) is 15.3. The third-order valence-electron chi connectivity index (χ3n) is 2.55. The quantitative estimate of drug-likeness (QED) is 0.867. The van der Waals surface area contributed by atoms with Crippen molar-refractivity contribution in [3.05, 3.63) is 34.6 Å². The molecule has 1 rings (SSSR count). The summed E-state index contributed by atoms with van der Waals surface area (Å²) in [7, 11) is 0. The van der Waals surface area contributed by atoms with Crippen LogP contribution in [0.5, 0.6) is 0 Å². The highest BCUT2D eigenvalue weighted by Gasteiger charge is 2.53. The number of hydrogen-bond acceptors (Lipinski definition) is 2. The number of halogens is 5. The van der Waals surface area contributed by atoms with Crippen molar-refractivity contribution in [1.82, 2.24) is 0 Å². The summed E-state index contributed by atoms with van der Waals surface area (Å²) in [5.41, 5.74) is 1.72. The average molecular weight is 284 g/mol. The van der Waals surface area contributed by atoms with Crippen molar-refractivity contribution in [3.63, 3.8) is 0 Å². The second-order valence-electron chi connectivity index (χ2n) is 4.01. The van der Waals surface area contributed by atoms with Gasteiger partial charge in [-0.3, -0.25) is 4.79 Å². The molecule has 0 saturated heterocycles. The monoisotopic (exact) mass is 283 g/mol. The topological polar surface area (TPSA) is 43.1 Å². The summed E-state index contributed by atoms with van der Waals surface area (Å²) >= 11 is 5.46. The molecule has 18 heavy (non-hydrogen) atoms. The molecule has 7 heteroatoms. The van der Waals surface area contributed by atoms with Gasteiger partial charge in [0.2, 0.25) is 0 Å². The van der Waals surface area contributed by atoms with Gasteiger partial charge in [-0.25, -0.2) is 4.39 Å². The second-order valence-corrected chi connectivity index (χ2v) is 4.42. The van der Waals surface area contributed by atoms with Crippen LogP contribution >= 0.6 is 11.6 Å². The molecule has 0 aliphatic carbocycles. The van der Waals surface area contributed by atoms with Gasteiger partial charge in [-0.05, 0) is 18.6 Å². The molecule has 0 aliphatic heterocycles. The number of carbonyl (C=O) groups excluding carboxylic acids is 1. The number of hydrogen-bond donors (Lipinski definition) is 1. The minimum atomic E-state index is -4.89. The van der Waals surface area contributed by atoms with Crippen LogP contribution in [0, 0.1) is 5.82 Å². The van der Waals surface area contributed by atoms with Crippen LogP contribution in [0.25, 0.3) is 0 Å². The average Bonchev–Trinajstić information content (AvgIpc) is 2.23. The lowest BCUT2D eigenvalue weighted by molar-refractivity contribution is -0.185. The van der Waals surface area contributed by atoms with Crippen LogP contribution in [0.4, 0.5) is 17.6 Å². The van der Waals surface area contributed by atoms with Crippen LogP contribution in [-0.2, 0) is 11.2 Å². The summed E-state index contributed by atoms with van der Waals surface area (Å²) in [6.07, 6.45) is -5.65. The van der Waals surface area contributed by atoms with Crippen molar-refractivity contribution in [1.29, 1.82) is 0 Å². The Labute approximate surface area is 106 Å². The number of carbonyl (C=O) groups is 1. The molecule has 0 saturated carbocycles. The summed E-state index contributed by atoms with van der Waals surface area (Å²) in [6.45, 7) is 0.553. The van der Waals surface area contributed by atoms with Crippen molar-refractivity contribution in [2.24, 2.45) is 5.73 Å². The van der Waals surface area contributed by atoms with E-state index in [0.29, 0.717) is 6.92 Å². The van der Waals surface area contributed by atoms with Gasteiger partial charge in [-0.2, -0.15) is 13.2 Å². The van der Waals surface area contributed by atoms with Gasteiger partial charge in [-0.15, -0.1) is 0 Å². The summed E-state index contributed by atoms with van der Waals surface area (Å²) in [5, 5.41) is -0.258. The summed E-state index contributed by atoms with van der Waals surface area (Å²) in [5.74, 6) is -2.23. The Hall–Kier alpha value is -1.14. The molecular weight excluding hydrogens is 274 g/mol. The molecule has 0 aliphatic rings. The van der Waals surface area contributed by atoms with Gasteiger partial charge in [0, 0.05) is 6.42 Å². The first kappa shape index (κ1) is 14.9. The first-order chi connectivity index (χ1) is 8.07. The Kier molecular flexibility index (Phi) is 4.02. The number of rotatable bonds is 3. The SMILES string of the molecule is CC(N)(C(=O)Cc1cccc(Cl)c1F)C(F)(F)F. The Morgan fingerprint density at radius 2 is 1.94 bits per heavy atom. The molecule has 0 spiro atoms. The lowest BCUT2D eigenvalue weighted by Crippen LogP contribution is -2.57. The zero-order valence-electron chi connectivity index (χ0n) is 9.31. The predicted molar refractivity (Wildman–Crippen MR) is 58.8 cm³/mol. The van der Waals surface area contributed by atoms with E-state index in [9.17, 15) is 22.4 Å². The van der Waals surface area contributed by atoms with Crippen LogP contribution in [0.2, 0.25) is 5.02 Å². The molecule has 1 unspecified atom stereocenters. The Bertz CT molecular complexity index is 471. The van der Waals surface area contributed by atoms with Crippen molar-refractivity contribution >= 4 is 17.4 Å². The van der Waals surface area contributed by atoms with Gasteiger partial charge >= 0.3 is 6.18 Å². The van der Waals surface area contributed by atoms with E-state index in [0.717, 1.165) is 0 Å². The van der Waals surface area contributed by atoms with Gasteiger partial charge in [0.15, 0.2) is 11.3 Å². The highest BCUT2D eigenvalue weighted by Crippen LogP contribution is 2.30. The van der Waals surface area contributed by atoms with Crippen LogP contribution in [0.1, 0.15) is 12.5 Å². The molecule has 0 amide bonds. The second kappa shape index (κ2) is 4.85. The molecule has 0 fully saturated rings. The smallest absolute Gasteiger partial charge is 0.312 e. The molecule has 0 radical (unpaired) electrons. The summed E-state index contributed by atoms with van der Waals surface area (Å²) in [6, 6.07) is 3.76. The van der Waals surface area contributed by atoms with Crippen molar-refractivity contribution in [3.8, 4) is 0 Å². The third kappa shape index (κ3) is 2.81. The molecule has 1 aromatic carbocycles. The van der Waals surface area contributed by atoms with E-state index in [1.807, 2.05) is 0 Å². The molecule has 2 N–H and O–H groups in total. The van der Waals surface area contributed by atoms with Gasteiger partial charge in [0.05, 0.1) is 5.02 Å². The maximum atomic E-state index is 13.4. The van der Waals surface area contributed by atoms with Crippen LogP contribution in [0.3, 0.4) is 0 Å². The summed E-state index contributed by atoms with van der Waals surface area (Å²) in [4.78, 5) is 11.5. The summed E-state index contributed by atoms with van der Waals surface area (Å²) < 4.78 is 50.9. The van der Waals surface area contributed by atoms with Gasteiger partial charge in [0.25, 0.3) is 0 Å². The molecule has 1 aromatic rings. The number of nitrogens with two attached hydrogens (primary N) is 1. The van der Waals surface area contributed by atoms with Crippen molar-refractivity contribution in [2.75, 3.05) is 0 Å². The number of alkyl halides is 3. The fourth-order valence-electron chi connectivity index (χ4n) is 1.20. The van der Waals surface area contributed by atoms with Crippen molar-refractivity contribution in [2.45, 2.75) is 25.1 Å². The molecule has 0 aromatic heterocycles. The lowest BCUT2D eigenvalue weighted by Gasteiger charge is -2.26. The largest absolute Gasteiger partial charge is 0.413 e. The zero-order chi connectivity index (χ0) is 14.1. The first-order valence-electron chi connectivity index (χ1n) is 4.89. The van der Waals surface area contributed by atoms with Crippen molar-refractivity contribution < 1.29 is 22.4 Å². The van der Waals surface area contributed by atoms with E-state index in [1.54, 1.807) is 0 Å².